The predicted octanol–water partition coefficient (Wildman–Crippen LogP) is 2.49. The number of benzene rings is 1. The van der Waals surface area contributed by atoms with E-state index in [1.54, 1.807) is 0 Å². The van der Waals surface area contributed by atoms with Gasteiger partial charge < -0.3 is 15.2 Å². The summed E-state index contributed by atoms with van der Waals surface area (Å²) in [4.78, 5) is 10.3. The standard InChI is InChI=1S/C12H17NO3/c1-9(2)8-16-11-5-3-4-10(6-11)7-13-12(14)15/h3-6,9,13H,7-8H2,1-2H3,(H,14,15). The number of rotatable bonds is 5. The van der Waals surface area contributed by atoms with Gasteiger partial charge in [-0.3, -0.25) is 0 Å². The van der Waals surface area contributed by atoms with Crippen molar-refractivity contribution in [3.05, 3.63) is 29.8 Å². The molecule has 0 aromatic heterocycles. The molecule has 4 nitrogen and oxygen atoms in total. The lowest BCUT2D eigenvalue weighted by Crippen LogP contribution is -2.19. The van der Waals surface area contributed by atoms with E-state index in [4.69, 9.17) is 9.84 Å². The van der Waals surface area contributed by atoms with E-state index in [0.717, 1.165) is 11.3 Å². The van der Waals surface area contributed by atoms with Crippen LogP contribution < -0.4 is 10.1 Å². The SMILES string of the molecule is CC(C)COc1cccc(CNC(=O)O)c1. The van der Waals surface area contributed by atoms with Gasteiger partial charge in [-0.1, -0.05) is 26.0 Å². The van der Waals surface area contributed by atoms with Crippen molar-refractivity contribution in [2.75, 3.05) is 6.61 Å². The summed E-state index contributed by atoms with van der Waals surface area (Å²) in [6.45, 7) is 5.12. The van der Waals surface area contributed by atoms with E-state index in [2.05, 4.69) is 19.2 Å². The van der Waals surface area contributed by atoms with Gasteiger partial charge in [-0.2, -0.15) is 0 Å². The van der Waals surface area contributed by atoms with Crippen LogP contribution in [0.1, 0.15) is 19.4 Å². The Morgan fingerprint density at radius 2 is 2.25 bits per heavy atom. The molecule has 1 aromatic rings. The van der Waals surface area contributed by atoms with Crippen LogP contribution >= 0.6 is 0 Å². The van der Waals surface area contributed by atoms with Gasteiger partial charge >= 0.3 is 6.09 Å². The van der Waals surface area contributed by atoms with E-state index in [0.29, 0.717) is 19.1 Å². The molecule has 0 saturated carbocycles. The summed E-state index contributed by atoms with van der Waals surface area (Å²) >= 11 is 0. The lowest BCUT2D eigenvalue weighted by atomic mass is 10.2. The number of ether oxygens (including phenoxy) is 1. The van der Waals surface area contributed by atoms with Gasteiger partial charge in [0.1, 0.15) is 5.75 Å². The number of carboxylic acid groups (broad SMARTS) is 1. The fourth-order valence-corrected chi connectivity index (χ4v) is 1.19. The molecule has 1 rings (SSSR count). The zero-order valence-electron chi connectivity index (χ0n) is 9.56. The molecule has 88 valence electrons. The summed E-state index contributed by atoms with van der Waals surface area (Å²) in [6.07, 6.45) is -1.02. The zero-order valence-corrected chi connectivity index (χ0v) is 9.56. The van der Waals surface area contributed by atoms with Crippen LogP contribution in [0.4, 0.5) is 4.79 Å². The van der Waals surface area contributed by atoms with E-state index in [9.17, 15) is 4.79 Å². The molecule has 0 unspecified atom stereocenters. The molecule has 1 amide bonds. The highest BCUT2D eigenvalue weighted by Gasteiger charge is 2.00. The fraction of sp³-hybridized carbons (Fsp3) is 0.417. The predicted molar refractivity (Wildman–Crippen MR) is 61.6 cm³/mol. The minimum atomic E-state index is -1.02. The second-order valence-corrected chi connectivity index (χ2v) is 4.01. The molecule has 0 aliphatic carbocycles. The topological polar surface area (TPSA) is 58.6 Å². The van der Waals surface area contributed by atoms with Crippen molar-refractivity contribution in [2.24, 2.45) is 5.92 Å². The van der Waals surface area contributed by atoms with Gasteiger partial charge in [-0.25, -0.2) is 4.79 Å². The van der Waals surface area contributed by atoms with E-state index >= 15 is 0 Å². The second-order valence-electron chi connectivity index (χ2n) is 4.01. The van der Waals surface area contributed by atoms with Gasteiger partial charge in [-0.15, -0.1) is 0 Å². The van der Waals surface area contributed by atoms with Crippen LogP contribution in [-0.4, -0.2) is 17.8 Å². The Hall–Kier alpha value is -1.71. The third-order valence-corrected chi connectivity index (χ3v) is 1.93. The molecule has 0 fully saturated rings. The number of hydrogen-bond acceptors (Lipinski definition) is 2. The molecule has 16 heavy (non-hydrogen) atoms. The van der Waals surface area contributed by atoms with Crippen molar-refractivity contribution < 1.29 is 14.6 Å². The Morgan fingerprint density at radius 3 is 2.88 bits per heavy atom. The molecule has 0 heterocycles. The van der Waals surface area contributed by atoms with E-state index in [-0.39, 0.29) is 0 Å². The monoisotopic (exact) mass is 223 g/mol. The Kier molecular flexibility index (Phi) is 4.64. The molecular formula is C12H17NO3. The number of amides is 1. The summed E-state index contributed by atoms with van der Waals surface area (Å²) in [5.41, 5.74) is 0.892. The van der Waals surface area contributed by atoms with Crippen molar-refractivity contribution >= 4 is 6.09 Å². The lowest BCUT2D eigenvalue weighted by Gasteiger charge is -2.09. The van der Waals surface area contributed by atoms with Gasteiger partial charge in [-0.05, 0) is 23.6 Å². The van der Waals surface area contributed by atoms with Crippen molar-refractivity contribution in [3.8, 4) is 5.75 Å². The molecule has 0 bridgehead atoms. The highest BCUT2D eigenvalue weighted by Crippen LogP contribution is 2.14. The molecule has 0 atom stereocenters. The first-order valence-electron chi connectivity index (χ1n) is 5.26. The highest BCUT2D eigenvalue weighted by atomic mass is 16.5. The molecule has 0 radical (unpaired) electrons. The first kappa shape index (κ1) is 12.4. The molecule has 0 aliphatic heterocycles. The van der Waals surface area contributed by atoms with Crippen molar-refractivity contribution in [1.29, 1.82) is 0 Å². The fourth-order valence-electron chi connectivity index (χ4n) is 1.19. The first-order valence-corrected chi connectivity index (χ1v) is 5.26. The van der Waals surface area contributed by atoms with Crippen LogP contribution in [0.15, 0.2) is 24.3 Å². The van der Waals surface area contributed by atoms with Crippen LogP contribution in [0.5, 0.6) is 5.75 Å². The Morgan fingerprint density at radius 1 is 1.50 bits per heavy atom. The smallest absolute Gasteiger partial charge is 0.404 e. The summed E-state index contributed by atoms with van der Waals surface area (Å²) in [6, 6.07) is 7.43. The zero-order chi connectivity index (χ0) is 12.0. The van der Waals surface area contributed by atoms with Gasteiger partial charge in [0, 0.05) is 6.54 Å². The average molecular weight is 223 g/mol. The van der Waals surface area contributed by atoms with Crippen molar-refractivity contribution in [3.63, 3.8) is 0 Å². The van der Waals surface area contributed by atoms with Crippen LogP contribution in [0.3, 0.4) is 0 Å². The van der Waals surface area contributed by atoms with Crippen molar-refractivity contribution in [2.45, 2.75) is 20.4 Å². The highest BCUT2D eigenvalue weighted by molar-refractivity contribution is 5.64. The molecule has 1 aromatic carbocycles. The summed E-state index contributed by atoms with van der Waals surface area (Å²) < 4.78 is 5.54. The normalized spacial score (nSPS) is 10.2. The Bertz CT molecular complexity index is 350. The maximum atomic E-state index is 10.3. The minimum Gasteiger partial charge on any atom is -0.493 e. The first-order chi connectivity index (χ1) is 7.58. The van der Waals surface area contributed by atoms with Crippen LogP contribution in [0, 0.1) is 5.92 Å². The van der Waals surface area contributed by atoms with Crippen LogP contribution in [-0.2, 0) is 6.54 Å². The molecule has 4 heteroatoms. The molecule has 0 saturated heterocycles. The summed E-state index contributed by atoms with van der Waals surface area (Å²) in [5, 5.41) is 10.8. The van der Waals surface area contributed by atoms with Gasteiger partial charge in [0.25, 0.3) is 0 Å². The maximum Gasteiger partial charge on any atom is 0.404 e. The summed E-state index contributed by atoms with van der Waals surface area (Å²) in [5.74, 6) is 1.25. The molecule has 0 aliphatic rings. The number of nitrogens with one attached hydrogen (secondary N) is 1. The lowest BCUT2D eigenvalue weighted by molar-refractivity contribution is 0.194. The summed E-state index contributed by atoms with van der Waals surface area (Å²) in [7, 11) is 0. The molecular weight excluding hydrogens is 206 g/mol. The number of hydrogen-bond donors (Lipinski definition) is 2. The van der Waals surface area contributed by atoms with Crippen LogP contribution in [0.25, 0.3) is 0 Å². The van der Waals surface area contributed by atoms with E-state index in [1.165, 1.54) is 0 Å². The van der Waals surface area contributed by atoms with Gasteiger partial charge in [0.15, 0.2) is 0 Å². The average Bonchev–Trinajstić information content (AvgIpc) is 2.24. The van der Waals surface area contributed by atoms with Gasteiger partial charge in [0.2, 0.25) is 0 Å². The van der Waals surface area contributed by atoms with Crippen molar-refractivity contribution in [1.82, 2.24) is 5.32 Å². The Labute approximate surface area is 95.2 Å². The third kappa shape index (κ3) is 4.68. The number of carbonyl (C=O) groups is 1. The third-order valence-electron chi connectivity index (χ3n) is 1.93. The largest absolute Gasteiger partial charge is 0.493 e. The van der Waals surface area contributed by atoms with Gasteiger partial charge in [0.05, 0.1) is 6.61 Å². The van der Waals surface area contributed by atoms with E-state index < -0.39 is 6.09 Å². The molecule has 2 N–H and O–H groups in total. The van der Waals surface area contributed by atoms with E-state index in [1.807, 2.05) is 24.3 Å². The van der Waals surface area contributed by atoms with Crippen LogP contribution in [0.2, 0.25) is 0 Å². The minimum absolute atomic E-state index is 0.300. The molecule has 0 spiro atoms. The second kappa shape index (κ2) is 6.00. The maximum absolute atomic E-state index is 10.3. The quantitative estimate of drug-likeness (QED) is 0.806. The Balaban J connectivity index is 2.53.